The third kappa shape index (κ3) is 5.34. The minimum atomic E-state index is -0.283. The van der Waals surface area contributed by atoms with Gasteiger partial charge in [0.15, 0.2) is 11.5 Å². The number of rotatable bonds is 6. The Kier molecular flexibility index (Phi) is 7.44. The zero-order valence-electron chi connectivity index (χ0n) is 18.2. The van der Waals surface area contributed by atoms with E-state index in [0.717, 1.165) is 17.0 Å². The molecule has 174 valence electrons. The molecule has 5 rings (SSSR count). The predicted molar refractivity (Wildman–Crippen MR) is 130 cm³/mol. The first-order valence-corrected chi connectivity index (χ1v) is 10.8. The van der Waals surface area contributed by atoms with Crippen molar-refractivity contribution >= 4 is 34.7 Å². The number of carbonyl (C=O) groups is 1. The van der Waals surface area contributed by atoms with Crippen LogP contribution in [0.2, 0.25) is 5.02 Å². The maximum absolute atomic E-state index is 12.6. The second kappa shape index (κ2) is 10.7. The van der Waals surface area contributed by atoms with Gasteiger partial charge in [-0.2, -0.15) is 0 Å². The van der Waals surface area contributed by atoms with Gasteiger partial charge in [0.1, 0.15) is 5.75 Å². The monoisotopic (exact) mass is 654 g/mol. The Morgan fingerprint density at radius 2 is 1.83 bits per heavy atom. The molecule has 0 radical (unpaired) electrons. The van der Waals surface area contributed by atoms with Crippen molar-refractivity contribution < 1.29 is 31.0 Å². The van der Waals surface area contributed by atoms with Crippen molar-refractivity contribution in [2.24, 2.45) is 0 Å². The number of pyridine rings is 1. The number of anilines is 2. The molecule has 5 aromatic rings. The minimum absolute atomic E-state index is 0. The van der Waals surface area contributed by atoms with E-state index in [0.29, 0.717) is 34.3 Å². The Morgan fingerprint density at radius 3 is 2.57 bits per heavy atom. The second-order valence-electron chi connectivity index (χ2n) is 7.48. The number of carbonyl (C=O) groups excluding carboxylic acids is 1. The number of phenolic OH excluding ortho intramolecular Hbond substituents is 1. The van der Waals surface area contributed by atoms with Crippen LogP contribution in [0.25, 0.3) is 16.9 Å². The molecule has 0 saturated heterocycles. The third-order valence-electron chi connectivity index (χ3n) is 5.22. The van der Waals surface area contributed by atoms with E-state index in [1.807, 2.05) is 40.9 Å². The molecule has 3 heterocycles. The van der Waals surface area contributed by atoms with Gasteiger partial charge in [0.2, 0.25) is 0 Å². The second-order valence-corrected chi connectivity index (χ2v) is 7.89. The van der Waals surface area contributed by atoms with Crippen molar-refractivity contribution in [1.82, 2.24) is 24.7 Å². The van der Waals surface area contributed by atoms with Gasteiger partial charge in [-0.3, -0.25) is 14.2 Å². The maximum Gasteiger partial charge on any atom is 0.253 e. The van der Waals surface area contributed by atoms with Crippen molar-refractivity contribution in [1.29, 1.82) is 0 Å². The zero-order valence-corrected chi connectivity index (χ0v) is 21.9. The summed E-state index contributed by atoms with van der Waals surface area (Å²) in [5, 5.41) is 15.9. The molecule has 35 heavy (non-hydrogen) atoms. The molecule has 0 spiro atoms. The molecule has 0 aliphatic rings. The molecular weight excluding hydrogens is 636 g/mol. The number of nitrogens with one attached hydrogen (secondary N) is 2. The van der Waals surface area contributed by atoms with Gasteiger partial charge in [0.25, 0.3) is 5.91 Å². The van der Waals surface area contributed by atoms with Crippen LogP contribution in [0.3, 0.4) is 0 Å². The molecule has 0 aliphatic heterocycles. The van der Waals surface area contributed by atoms with E-state index in [1.54, 1.807) is 48.9 Å². The number of nitrogens with zero attached hydrogens (tertiary/aromatic N) is 4. The fourth-order valence-electron chi connectivity index (χ4n) is 3.54. The summed E-state index contributed by atoms with van der Waals surface area (Å²) < 4.78 is 1.91. The number of imidazole rings is 1. The molecular formula is C25H19ClN6O2W. The quantitative estimate of drug-likeness (QED) is 0.243. The van der Waals surface area contributed by atoms with Crippen LogP contribution in [0.4, 0.5) is 11.5 Å². The number of hydrogen-bond acceptors (Lipinski definition) is 6. The van der Waals surface area contributed by atoms with E-state index in [9.17, 15) is 9.90 Å². The van der Waals surface area contributed by atoms with Crippen LogP contribution < -0.4 is 10.6 Å². The van der Waals surface area contributed by atoms with Gasteiger partial charge >= 0.3 is 0 Å². The van der Waals surface area contributed by atoms with Gasteiger partial charge in [0.05, 0.1) is 34.7 Å². The van der Waals surface area contributed by atoms with E-state index in [-0.39, 0.29) is 32.7 Å². The molecule has 10 heteroatoms. The molecule has 1 amide bonds. The molecule has 0 atom stereocenters. The summed E-state index contributed by atoms with van der Waals surface area (Å²) in [6, 6.07) is 17.5. The fourth-order valence-corrected chi connectivity index (χ4v) is 3.80. The Morgan fingerprint density at radius 1 is 1.00 bits per heavy atom. The summed E-state index contributed by atoms with van der Waals surface area (Å²) in [5.74, 6) is 0.456. The zero-order chi connectivity index (χ0) is 23.5. The van der Waals surface area contributed by atoms with Crippen LogP contribution in [-0.4, -0.2) is 30.4 Å². The van der Waals surface area contributed by atoms with E-state index in [1.165, 1.54) is 0 Å². The summed E-state index contributed by atoms with van der Waals surface area (Å²) >= 11 is 6.41. The van der Waals surface area contributed by atoms with Gasteiger partial charge in [-0.1, -0.05) is 17.7 Å². The third-order valence-corrected chi connectivity index (χ3v) is 5.54. The van der Waals surface area contributed by atoms with Crippen LogP contribution >= 0.6 is 11.6 Å². The number of fused-ring (bicyclic) bond motifs is 1. The summed E-state index contributed by atoms with van der Waals surface area (Å²) in [7, 11) is 0. The largest absolute Gasteiger partial charge is 0.508 e. The van der Waals surface area contributed by atoms with Crippen molar-refractivity contribution in [2.45, 2.75) is 6.54 Å². The molecule has 0 aliphatic carbocycles. The number of aromatic nitrogens is 4. The average molecular weight is 655 g/mol. The van der Waals surface area contributed by atoms with E-state index in [2.05, 4.69) is 25.6 Å². The SMILES string of the molecule is O=C(NCc1ccccn1)c1ccc(Nc2nccn3c(-c4ccc(O)cc4)cnc23)cc1Cl.[W]. The van der Waals surface area contributed by atoms with Crippen LogP contribution in [-0.2, 0) is 27.6 Å². The van der Waals surface area contributed by atoms with Crippen LogP contribution in [0.1, 0.15) is 16.1 Å². The molecule has 3 N–H and O–H groups in total. The van der Waals surface area contributed by atoms with Gasteiger partial charge < -0.3 is 15.7 Å². The smallest absolute Gasteiger partial charge is 0.253 e. The topological polar surface area (TPSA) is 104 Å². The number of halogens is 1. The first-order valence-electron chi connectivity index (χ1n) is 10.4. The van der Waals surface area contributed by atoms with Crippen LogP contribution in [0.15, 0.2) is 85.5 Å². The van der Waals surface area contributed by atoms with Crippen molar-refractivity contribution in [3.63, 3.8) is 0 Å². The van der Waals surface area contributed by atoms with Crippen molar-refractivity contribution in [2.75, 3.05) is 5.32 Å². The number of amides is 1. The molecule has 0 saturated carbocycles. The molecule has 0 fully saturated rings. The molecule has 0 bridgehead atoms. The Balaban J connectivity index is 0.00000289. The molecule has 2 aromatic carbocycles. The fraction of sp³-hybridized carbons (Fsp3) is 0.0400. The Labute approximate surface area is 220 Å². The van der Waals surface area contributed by atoms with Crippen LogP contribution in [0.5, 0.6) is 5.75 Å². The van der Waals surface area contributed by atoms with E-state index in [4.69, 9.17) is 11.6 Å². The normalized spacial score (nSPS) is 10.5. The Bertz CT molecular complexity index is 1480. The van der Waals surface area contributed by atoms with Gasteiger partial charge in [-0.15, -0.1) is 0 Å². The number of phenols is 1. The van der Waals surface area contributed by atoms with E-state index >= 15 is 0 Å². The van der Waals surface area contributed by atoms with Gasteiger partial charge in [0, 0.05) is 50.9 Å². The van der Waals surface area contributed by atoms with Gasteiger partial charge in [-0.05, 0) is 54.6 Å². The number of benzene rings is 2. The summed E-state index contributed by atoms with van der Waals surface area (Å²) in [6.07, 6.45) is 6.91. The van der Waals surface area contributed by atoms with E-state index < -0.39 is 0 Å². The predicted octanol–water partition coefficient (Wildman–Crippen LogP) is 4.82. The average Bonchev–Trinajstić information content (AvgIpc) is 3.29. The van der Waals surface area contributed by atoms with Gasteiger partial charge in [-0.25, -0.2) is 9.97 Å². The summed E-state index contributed by atoms with van der Waals surface area (Å²) in [6.45, 7) is 0.311. The Hall–Kier alpha value is -3.74. The number of hydrogen-bond donors (Lipinski definition) is 3. The number of aromatic hydroxyl groups is 1. The minimum Gasteiger partial charge on any atom is -0.508 e. The molecule has 8 nitrogen and oxygen atoms in total. The standard InChI is InChI=1S/C25H19ClN6O2.W/c26-21-13-17(6-9-20(21)25(34)30-14-18-3-1-2-10-27-18)31-23-24-29-15-22(32(24)12-11-28-23)16-4-7-19(33)8-5-16;/h1-13,15,33H,14H2,(H,28,31)(H,30,34);. The van der Waals surface area contributed by atoms with Crippen LogP contribution in [0, 0.1) is 0 Å². The van der Waals surface area contributed by atoms with Crippen molar-refractivity contribution in [3.8, 4) is 17.0 Å². The first kappa shape index (κ1) is 24.4. The van der Waals surface area contributed by atoms with Crippen molar-refractivity contribution in [3.05, 3.63) is 102 Å². The molecule has 0 unspecified atom stereocenters. The molecule has 3 aromatic heterocycles. The summed E-state index contributed by atoms with van der Waals surface area (Å²) in [5.41, 5.74) is 4.19. The first-order chi connectivity index (χ1) is 16.6. The maximum atomic E-state index is 12.6. The summed E-state index contributed by atoms with van der Waals surface area (Å²) in [4.78, 5) is 25.7.